The first-order chi connectivity index (χ1) is 13.2. The maximum absolute atomic E-state index is 12.7. The van der Waals surface area contributed by atoms with E-state index in [1.165, 1.54) is 17.9 Å². The van der Waals surface area contributed by atoms with Gasteiger partial charge < -0.3 is 10.1 Å². The highest BCUT2D eigenvalue weighted by atomic mass is 16.5. The molecular formula is C19H15N5O3. The van der Waals surface area contributed by atoms with Gasteiger partial charge in [-0.25, -0.2) is 9.20 Å². The van der Waals surface area contributed by atoms with Gasteiger partial charge in [-0.1, -0.05) is 36.4 Å². The van der Waals surface area contributed by atoms with Crippen LogP contribution in [0.2, 0.25) is 0 Å². The predicted octanol–water partition coefficient (Wildman–Crippen LogP) is 2.41. The van der Waals surface area contributed by atoms with Crippen molar-refractivity contribution in [1.29, 1.82) is 0 Å². The highest BCUT2D eigenvalue weighted by Crippen LogP contribution is 2.16. The van der Waals surface area contributed by atoms with Crippen molar-refractivity contribution in [3.05, 3.63) is 82.9 Å². The van der Waals surface area contributed by atoms with Gasteiger partial charge in [0.25, 0.3) is 5.56 Å². The van der Waals surface area contributed by atoms with E-state index >= 15 is 0 Å². The molecule has 0 unspecified atom stereocenters. The molecule has 0 saturated heterocycles. The highest BCUT2D eigenvalue weighted by molar-refractivity contribution is 5.86. The van der Waals surface area contributed by atoms with Gasteiger partial charge in [0.15, 0.2) is 0 Å². The fourth-order valence-electron chi connectivity index (χ4n) is 2.69. The number of carbonyl (C=O) groups excluding carboxylic acids is 1. The quantitative estimate of drug-likeness (QED) is 0.562. The lowest BCUT2D eigenvalue weighted by molar-refractivity contribution is 0.0584. The predicted molar refractivity (Wildman–Crippen MR) is 99.6 cm³/mol. The van der Waals surface area contributed by atoms with Crippen LogP contribution < -0.4 is 10.9 Å². The van der Waals surface area contributed by atoms with Gasteiger partial charge in [0.2, 0.25) is 11.6 Å². The Hall–Kier alpha value is -3.94. The number of nitrogens with zero attached hydrogens (tertiary/aromatic N) is 4. The Balaban J connectivity index is 1.94. The summed E-state index contributed by atoms with van der Waals surface area (Å²) in [6, 6.07) is 19.8. The van der Waals surface area contributed by atoms with Crippen LogP contribution in [-0.4, -0.2) is 32.2 Å². The molecule has 8 nitrogen and oxygen atoms in total. The molecule has 0 aliphatic rings. The minimum atomic E-state index is -0.720. The Bertz CT molecular complexity index is 1170. The molecular weight excluding hydrogens is 346 g/mol. The zero-order valence-corrected chi connectivity index (χ0v) is 14.4. The third kappa shape index (κ3) is 3.04. The van der Waals surface area contributed by atoms with Gasteiger partial charge in [-0.15, -0.1) is 5.10 Å². The van der Waals surface area contributed by atoms with Gasteiger partial charge in [-0.05, 0) is 24.3 Å². The molecule has 4 rings (SSSR count). The molecule has 0 aliphatic heterocycles. The summed E-state index contributed by atoms with van der Waals surface area (Å²) in [7, 11) is 1.24. The summed E-state index contributed by atoms with van der Waals surface area (Å²) in [5.41, 5.74) is 1.00. The number of nitrogens with one attached hydrogen (secondary N) is 1. The van der Waals surface area contributed by atoms with Crippen LogP contribution in [-0.2, 0) is 4.74 Å². The number of benzene rings is 2. The molecule has 0 amide bonds. The molecule has 2 aromatic carbocycles. The molecule has 2 aromatic heterocycles. The van der Waals surface area contributed by atoms with Crippen molar-refractivity contribution in [2.24, 2.45) is 0 Å². The van der Waals surface area contributed by atoms with Crippen LogP contribution in [0.25, 0.3) is 11.5 Å². The van der Waals surface area contributed by atoms with Gasteiger partial charge in [0.1, 0.15) is 5.82 Å². The average Bonchev–Trinajstić information content (AvgIpc) is 3.09. The first kappa shape index (κ1) is 16.5. The maximum Gasteiger partial charge on any atom is 0.376 e. The van der Waals surface area contributed by atoms with Crippen LogP contribution >= 0.6 is 0 Å². The Morgan fingerprint density at radius 3 is 2.37 bits per heavy atom. The molecule has 0 radical (unpaired) electrons. The normalized spacial score (nSPS) is 10.7. The van der Waals surface area contributed by atoms with Crippen molar-refractivity contribution < 1.29 is 9.53 Å². The number of anilines is 2. The molecule has 8 heteroatoms. The third-order valence-electron chi connectivity index (χ3n) is 3.91. The second-order valence-corrected chi connectivity index (χ2v) is 5.67. The van der Waals surface area contributed by atoms with Crippen molar-refractivity contribution in [2.45, 2.75) is 0 Å². The Morgan fingerprint density at radius 1 is 1.04 bits per heavy atom. The number of rotatable bonds is 4. The average molecular weight is 361 g/mol. The van der Waals surface area contributed by atoms with E-state index in [9.17, 15) is 9.59 Å². The number of fused-ring (bicyclic) bond motifs is 1. The number of carbonyl (C=O) groups is 1. The molecule has 0 saturated carbocycles. The molecule has 27 heavy (non-hydrogen) atoms. The number of hydrogen-bond donors (Lipinski definition) is 1. The molecule has 0 spiro atoms. The molecule has 0 fully saturated rings. The highest BCUT2D eigenvalue weighted by Gasteiger charge is 2.21. The second-order valence-electron chi connectivity index (χ2n) is 5.67. The second kappa shape index (κ2) is 6.75. The minimum absolute atomic E-state index is 0.139. The van der Waals surface area contributed by atoms with Gasteiger partial charge in [-0.3, -0.25) is 4.79 Å². The molecule has 0 bridgehead atoms. The summed E-state index contributed by atoms with van der Waals surface area (Å²) in [5, 5.41) is 7.34. The van der Waals surface area contributed by atoms with Gasteiger partial charge in [-0.2, -0.15) is 9.67 Å². The fourth-order valence-corrected chi connectivity index (χ4v) is 2.69. The molecule has 2 heterocycles. The molecule has 4 aromatic rings. The standard InChI is InChI=1S/C19H15N5O3/c1-27-18(26)17-22-24(14-10-6-3-7-11-14)19-21-15(12-16(25)23(17)19)20-13-8-4-2-5-9-13/h2-12,20H,1H3. The number of methoxy groups -OCH3 is 1. The SMILES string of the molecule is COC(=O)c1nn(-c2ccccc2)c2nc(Nc3ccccc3)cc(=O)n12. The van der Waals surface area contributed by atoms with E-state index in [0.29, 0.717) is 11.5 Å². The van der Waals surface area contributed by atoms with Crippen molar-refractivity contribution in [3.8, 4) is 5.69 Å². The number of aromatic nitrogens is 4. The monoisotopic (exact) mass is 361 g/mol. The van der Waals surface area contributed by atoms with Crippen LogP contribution in [0.4, 0.5) is 11.5 Å². The lowest BCUT2D eigenvalue weighted by atomic mass is 10.3. The largest absolute Gasteiger partial charge is 0.463 e. The van der Waals surface area contributed by atoms with Crippen LogP contribution in [0, 0.1) is 0 Å². The van der Waals surface area contributed by atoms with Crippen LogP contribution in [0.3, 0.4) is 0 Å². The summed E-state index contributed by atoms with van der Waals surface area (Å²) in [5.74, 6) is -0.310. The molecule has 0 atom stereocenters. The van der Waals surface area contributed by atoms with E-state index in [0.717, 1.165) is 10.1 Å². The van der Waals surface area contributed by atoms with Crippen LogP contribution in [0.15, 0.2) is 71.5 Å². The van der Waals surface area contributed by atoms with Crippen molar-refractivity contribution >= 4 is 23.3 Å². The Kier molecular flexibility index (Phi) is 4.13. The van der Waals surface area contributed by atoms with Crippen LogP contribution in [0.5, 0.6) is 0 Å². The van der Waals surface area contributed by atoms with Gasteiger partial charge >= 0.3 is 5.97 Å². The Morgan fingerprint density at radius 2 is 1.70 bits per heavy atom. The van der Waals surface area contributed by atoms with Gasteiger partial charge in [0.05, 0.1) is 12.8 Å². The number of hydrogen-bond acceptors (Lipinski definition) is 6. The first-order valence-corrected chi connectivity index (χ1v) is 8.16. The zero-order valence-electron chi connectivity index (χ0n) is 14.4. The van der Waals surface area contributed by atoms with E-state index in [4.69, 9.17) is 4.74 Å². The lowest BCUT2D eigenvalue weighted by Gasteiger charge is -2.06. The van der Waals surface area contributed by atoms with E-state index in [2.05, 4.69) is 15.4 Å². The first-order valence-electron chi connectivity index (χ1n) is 8.16. The fraction of sp³-hybridized carbons (Fsp3) is 0.0526. The number of ether oxygens (including phenoxy) is 1. The maximum atomic E-state index is 12.7. The minimum Gasteiger partial charge on any atom is -0.463 e. The van der Waals surface area contributed by atoms with Crippen molar-refractivity contribution in [1.82, 2.24) is 19.2 Å². The molecule has 1 N–H and O–H groups in total. The van der Waals surface area contributed by atoms with Gasteiger partial charge in [0, 0.05) is 11.8 Å². The Labute approximate surface area is 153 Å². The summed E-state index contributed by atoms with van der Waals surface area (Å²) in [6.07, 6.45) is 0. The van der Waals surface area contributed by atoms with Crippen molar-refractivity contribution in [2.75, 3.05) is 12.4 Å². The van der Waals surface area contributed by atoms with E-state index in [-0.39, 0.29) is 11.6 Å². The smallest absolute Gasteiger partial charge is 0.376 e. The number of esters is 1. The lowest BCUT2D eigenvalue weighted by Crippen LogP contribution is -2.19. The summed E-state index contributed by atoms with van der Waals surface area (Å²) < 4.78 is 7.32. The summed E-state index contributed by atoms with van der Waals surface area (Å²) in [4.78, 5) is 29.3. The number of para-hydroxylation sites is 2. The molecule has 134 valence electrons. The third-order valence-corrected chi connectivity index (χ3v) is 3.91. The summed E-state index contributed by atoms with van der Waals surface area (Å²) in [6.45, 7) is 0. The van der Waals surface area contributed by atoms with Crippen LogP contribution in [0.1, 0.15) is 10.6 Å². The van der Waals surface area contributed by atoms with E-state index < -0.39 is 11.5 Å². The topological polar surface area (TPSA) is 90.5 Å². The van der Waals surface area contributed by atoms with E-state index in [1.54, 1.807) is 12.1 Å². The zero-order chi connectivity index (χ0) is 18.8. The summed E-state index contributed by atoms with van der Waals surface area (Å²) >= 11 is 0. The van der Waals surface area contributed by atoms with E-state index in [1.807, 2.05) is 48.5 Å². The van der Waals surface area contributed by atoms with Crippen molar-refractivity contribution in [3.63, 3.8) is 0 Å². The molecule has 0 aliphatic carbocycles.